The average Bonchev–Trinajstić information content (AvgIpc) is 3.03. The lowest BCUT2D eigenvalue weighted by Gasteiger charge is -2.49. The second-order valence-corrected chi connectivity index (χ2v) is 16.9. The van der Waals surface area contributed by atoms with E-state index in [1.807, 2.05) is 0 Å². The summed E-state index contributed by atoms with van der Waals surface area (Å²) in [6, 6.07) is 13.7. The largest absolute Gasteiger partial charge is 0.487 e. The molecular weight excluding hydrogens is 588 g/mol. The van der Waals surface area contributed by atoms with Gasteiger partial charge in [-0.05, 0) is 138 Å². The van der Waals surface area contributed by atoms with Gasteiger partial charge in [0.05, 0.1) is 23.3 Å². The van der Waals surface area contributed by atoms with E-state index in [4.69, 9.17) is 9.47 Å². The molecule has 48 heavy (non-hydrogen) atoms. The highest BCUT2D eigenvalue weighted by molar-refractivity contribution is 5.55. The number of fused-ring (bicyclic) bond motifs is 6. The van der Waals surface area contributed by atoms with Gasteiger partial charge in [0.2, 0.25) is 0 Å². The molecule has 0 unspecified atom stereocenters. The van der Waals surface area contributed by atoms with Crippen LogP contribution in [0.2, 0.25) is 0 Å². The van der Waals surface area contributed by atoms with Crippen molar-refractivity contribution in [2.45, 2.75) is 168 Å². The van der Waals surface area contributed by atoms with Gasteiger partial charge in [-0.25, -0.2) is 0 Å². The van der Waals surface area contributed by atoms with Gasteiger partial charge >= 0.3 is 0 Å². The highest BCUT2D eigenvalue weighted by Crippen LogP contribution is 2.55. The summed E-state index contributed by atoms with van der Waals surface area (Å²) in [7, 11) is 0. The van der Waals surface area contributed by atoms with Crippen LogP contribution in [0.4, 0.5) is 0 Å². The van der Waals surface area contributed by atoms with E-state index in [1.165, 1.54) is 99.3 Å². The van der Waals surface area contributed by atoms with E-state index < -0.39 is 0 Å². The summed E-state index contributed by atoms with van der Waals surface area (Å²) in [5.41, 5.74) is 6.38. The molecule has 4 heteroatoms. The first kappa shape index (κ1) is 36.3. The summed E-state index contributed by atoms with van der Waals surface area (Å²) in [6.07, 6.45) is 16.8. The Morgan fingerprint density at radius 1 is 0.625 bits per heavy atom. The van der Waals surface area contributed by atoms with Crippen LogP contribution < -0.4 is 9.47 Å². The van der Waals surface area contributed by atoms with Gasteiger partial charge in [-0.3, -0.25) is 0 Å². The standard InChI is InChI=1S/2C22H31NO/c2*1-5-6-7-8-16-12-17(14-23)21-18-11-15(2)9-10-19(18)22(3,4)24-20(21)13-16/h2*12-13,15,18-19H,5-11H2,1-4H3/t15-,18+,19+;15-,18-,19-/m01/s1. The summed E-state index contributed by atoms with van der Waals surface area (Å²) < 4.78 is 12.9. The van der Waals surface area contributed by atoms with E-state index in [-0.39, 0.29) is 11.2 Å². The quantitative estimate of drug-likeness (QED) is 0.267. The van der Waals surface area contributed by atoms with Crippen LogP contribution in [0.1, 0.15) is 178 Å². The minimum atomic E-state index is -0.132. The molecule has 0 saturated heterocycles. The third-order valence-electron chi connectivity index (χ3n) is 12.3. The fourth-order valence-corrected chi connectivity index (χ4v) is 9.72. The van der Waals surface area contributed by atoms with Crippen LogP contribution in [0.5, 0.6) is 11.5 Å². The number of rotatable bonds is 8. The second-order valence-electron chi connectivity index (χ2n) is 16.9. The van der Waals surface area contributed by atoms with E-state index in [1.54, 1.807) is 0 Å². The monoisotopic (exact) mass is 650 g/mol. The molecular formula is C44H62N2O2. The number of hydrogen-bond donors (Lipinski definition) is 0. The molecule has 2 aromatic rings. The van der Waals surface area contributed by atoms with Crippen LogP contribution in [-0.4, -0.2) is 11.2 Å². The van der Waals surface area contributed by atoms with Crippen molar-refractivity contribution in [2.75, 3.05) is 0 Å². The lowest BCUT2D eigenvalue weighted by molar-refractivity contribution is -0.0140. The Labute approximate surface area is 292 Å². The van der Waals surface area contributed by atoms with Crippen molar-refractivity contribution in [3.8, 4) is 23.6 Å². The van der Waals surface area contributed by atoms with Crippen LogP contribution in [-0.2, 0) is 12.8 Å². The Morgan fingerprint density at radius 3 is 1.38 bits per heavy atom. The molecule has 0 aromatic heterocycles. The average molecular weight is 651 g/mol. The summed E-state index contributed by atoms with van der Waals surface area (Å²) >= 11 is 0. The van der Waals surface area contributed by atoms with E-state index in [2.05, 4.69) is 91.8 Å². The first-order valence-electron chi connectivity index (χ1n) is 19.4. The maximum atomic E-state index is 9.77. The third-order valence-corrected chi connectivity index (χ3v) is 12.3. The Balaban J connectivity index is 0.000000188. The fraction of sp³-hybridized carbons (Fsp3) is 0.682. The smallest absolute Gasteiger partial charge is 0.125 e. The normalized spacial score (nSPS) is 27.5. The van der Waals surface area contributed by atoms with Gasteiger partial charge in [-0.15, -0.1) is 0 Å². The van der Waals surface area contributed by atoms with Crippen molar-refractivity contribution in [3.05, 3.63) is 57.6 Å². The summed E-state index contributed by atoms with van der Waals surface area (Å²) in [5, 5.41) is 19.5. The molecule has 2 aliphatic carbocycles. The van der Waals surface area contributed by atoms with Crippen molar-refractivity contribution >= 4 is 0 Å². The molecule has 2 aromatic carbocycles. The number of nitrogens with zero attached hydrogens (tertiary/aromatic N) is 2. The van der Waals surface area contributed by atoms with Crippen LogP contribution in [0.15, 0.2) is 24.3 Å². The number of hydrogen-bond acceptors (Lipinski definition) is 4. The van der Waals surface area contributed by atoms with Crippen molar-refractivity contribution in [1.82, 2.24) is 0 Å². The Hall–Kier alpha value is -2.98. The van der Waals surface area contributed by atoms with Crippen molar-refractivity contribution < 1.29 is 9.47 Å². The van der Waals surface area contributed by atoms with E-state index in [0.717, 1.165) is 47.3 Å². The molecule has 0 radical (unpaired) electrons. The summed E-state index contributed by atoms with van der Waals surface area (Å²) in [6.45, 7) is 18.1. The maximum absolute atomic E-state index is 9.77. The lowest BCUT2D eigenvalue weighted by atomic mass is 9.63. The van der Waals surface area contributed by atoms with Crippen molar-refractivity contribution in [1.29, 1.82) is 10.5 Å². The topological polar surface area (TPSA) is 66.0 Å². The van der Waals surface area contributed by atoms with Crippen molar-refractivity contribution in [2.24, 2.45) is 23.7 Å². The number of ether oxygens (including phenoxy) is 2. The molecule has 0 amide bonds. The molecule has 6 atom stereocenters. The highest BCUT2D eigenvalue weighted by Gasteiger charge is 2.48. The zero-order valence-corrected chi connectivity index (χ0v) is 31.4. The minimum absolute atomic E-state index is 0.132. The molecule has 2 saturated carbocycles. The van der Waals surface area contributed by atoms with Gasteiger partial charge in [0.15, 0.2) is 0 Å². The number of benzene rings is 2. The van der Waals surface area contributed by atoms with Gasteiger partial charge in [0.25, 0.3) is 0 Å². The summed E-state index contributed by atoms with van der Waals surface area (Å²) in [5.74, 6) is 5.46. The second kappa shape index (κ2) is 15.3. The molecule has 6 rings (SSSR count). The van der Waals surface area contributed by atoms with E-state index in [0.29, 0.717) is 23.7 Å². The van der Waals surface area contributed by atoms with Crippen LogP contribution in [0.25, 0.3) is 0 Å². The third kappa shape index (κ3) is 7.75. The molecule has 0 bridgehead atoms. The first-order valence-corrected chi connectivity index (χ1v) is 19.4. The zero-order chi connectivity index (χ0) is 34.6. The lowest BCUT2D eigenvalue weighted by Crippen LogP contribution is -2.47. The predicted octanol–water partition coefficient (Wildman–Crippen LogP) is 12.0. The molecule has 4 nitrogen and oxygen atoms in total. The highest BCUT2D eigenvalue weighted by atomic mass is 16.5. The molecule has 260 valence electrons. The molecule has 2 aliphatic heterocycles. The van der Waals surface area contributed by atoms with Gasteiger partial charge in [0, 0.05) is 23.0 Å². The van der Waals surface area contributed by atoms with Gasteiger partial charge in [0.1, 0.15) is 22.7 Å². The molecule has 2 heterocycles. The summed E-state index contributed by atoms with van der Waals surface area (Å²) in [4.78, 5) is 0. The molecule has 2 fully saturated rings. The Kier molecular flexibility index (Phi) is 11.6. The predicted molar refractivity (Wildman–Crippen MR) is 197 cm³/mol. The van der Waals surface area contributed by atoms with E-state index in [9.17, 15) is 10.5 Å². The molecule has 0 spiro atoms. The minimum Gasteiger partial charge on any atom is -0.487 e. The number of aryl methyl sites for hydroxylation is 2. The van der Waals surface area contributed by atoms with Gasteiger partial charge in [-0.2, -0.15) is 10.5 Å². The van der Waals surface area contributed by atoms with E-state index >= 15 is 0 Å². The van der Waals surface area contributed by atoms with Crippen LogP contribution in [0, 0.1) is 46.3 Å². The number of unbranched alkanes of at least 4 members (excludes halogenated alkanes) is 4. The van der Waals surface area contributed by atoms with Crippen LogP contribution in [0.3, 0.4) is 0 Å². The Bertz CT molecular complexity index is 1390. The number of nitriles is 2. The molecule has 4 aliphatic rings. The van der Waals surface area contributed by atoms with Gasteiger partial charge < -0.3 is 9.47 Å². The molecule has 0 N–H and O–H groups in total. The maximum Gasteiger partial charge on any atom is 0.125 e. The van der Waals surface area contributed by atoms with Crippen LogP contribution >= 0.6 is 0 Å². The fourth-order valence-electron chi connectivity index (χ4n) is 9.72. The van der Waals surface area contributed by atoms with Crippen molar-refractivity contribution in [3.63, 3.8) is 0 Å². The zero-order valence-electron chi connectivity index (χ0n) is 31.4. The Morgan fingerprint density at radius 2 is 1.02 bits per heavy atom. The first-order chi connectivity index (χ1) is 22.9. The SMILES string of the molecule is CCCCCc1cc(C#N)c2c(c1)OC(C)(C)[C@@H]1CC[C@@H](C)C[C@@H]21.CCCCCc1cc(C#N)c2c(c1)OC(C)(C)[C@@H]1CC[C@H](C)C[C@@H]21. The van der Waals surface area contributed by atoms with Gasteiger partial charge in [-0.1, -0.05) is 66.2 Å².